The van der Waals surface area contributed by atoms with Crippen LogP contribution >= 0.6 is 24.8 Å². The molecule has 2 atom stereocenters. The highest BCUT2D eigenvalue weighted by Gasteiger charge is 2.28. The Morgan fingerprint density at radius 3 is 2.68 bits per heavy atom. The molecule has 1 aliphatic carbocycles. The van der Waals surface area contributed by atoms with Gasteiger partial charge in [0.2, 0.25) is 0 Å². The van der Waals surface area contributed by atoms with E-state index in [1.165, 1.54) is 12.8 Å². The van der Waals surface area contributed by atoms with Gasteiger partial charge in [0, 0.05) is 29.6 Å². The van der Waals surface area contributed by atoms with E-state index in [1.807, 2.05) is 30.3 Å². The maximum absolute atomic E-state index is 12.9. The van der Waals surface area contributed by atoms with E-state index in [9.17, 15) is 4.79 Å². The minimum Gasteiger partial charge on any atom is -0.348 e. The summed E-state index contributed by atoms with van der Waals surface area (Å²) in [6, 6.07) is 10.2. The normalized spacial score (nSPS) is 22.6. The maximum Gasteiger partial charge on any atom is 0.252 e. The molecule has 136 valence electrons. The Morgan fingerprint density at radius 2 is 1.96 bits per heavy atom. The first-order valence-electron chi connectivity index (χ1n) is 8.63. The molecule has 1 aromatic carbocycles. The number of halogens is 2. The molecule has 2 heterocycles. The quantitative estimate of drug-likeness (QED) is 0.852. The molecule has 2 fully saturated rings. The van der Waals surface area contributed by atoms with Gasteiger partial charge >= 0.3 is 0 Å². The Labute approximate surface area is 161 Å². The van der Waals surface area contributed by atoms with E-state index in [0.717, 1.165) is 41.7 Å². The molecule has 1 aromatic heterocycles. The first-order valence-corrected chi connectivity index (χ1v) is 8.63. The van der Waals surface area contributed by atoms with E-state index in [1.54, 1.807) is 0 Å². The van der Waals surface area contributed by atoms with Gasteiger partial charge in [-0.25, -0.2) is 0 Å². The molecule has 4 rings (SSSR count). The summed E-state index contributed by atoms with van der Waals surface area (Å²) in [5, 5.41) is 7.56. The van der Waals surface area contributed by atoms with Gasteiger partial charge in [-0.2, -0.15) is 0 Å². The van der Waals surface area contributed by atoms with Crippen molar-refractivity contribution in [1.29, 1.82) is 0 Å². The van der Waals surface area contributed by atoms with Gasteiger partial charge in [-0.1, -0.05) is 25.1 Å². The van der Waals surface area contributed by atoms with Crippen LogP contribution in [0.4, 0.5) is 0 Å². The highest BCUT2D eigenvalue weighted by Crippen LogP contribution is 2.40. The maximum atomic E-state index is 12.9. The van der Waals surface area contributed by atoms with Crippen LogP contribution in [0.5, 0.6) is 0 Å². The summed E-state index contributed by atoms with van der Waals surface area (Å²) in [7, 11) is 0. The molecule has 2 unspecified atom stereocenters. The lowest BCUT2D eigenvalue weighted by Gasteiger charge is -2.30. The van der Waals surface area contributed by atoms with Crippen molar-refractivity contribution in [2.75, 3.05) is 13.1 Å². The summed E-state index contributed by atoms with van der Waals surface area (Å²) in [4.78, 5) is 17.7. The van der Waals surface area contributed by atoms with Crippen LogP contribution in [-0.4, -0.2) is 30.0 Å². The number of nitrogens with one attached hydrogen (secondary N) is 2. The van der Waals surface area contributed by atoms with Crippen LogP contribution in [0.25, 0.3) is 10.9 Å². The van der Waals surface area contributed by atoms with Gasteiger partial charge in [0.1, 0.15) is 0 Å². The van der Waals surface area contributed by atoms with Crippen LogP contribution in [0.1, 0.15) is 48.2 Å². The Balaban J connectivity index is 0.00000113. The number of hydrogen-bond donors (Lipinski definition) is 2. The van der Waals surface area contributed by atoms with E-state index < -0.39 is 0 Å². The van der Waals surface area contributed by atoms with Crippen LogP contribution in [0, 0.1) is 5.92 Å². The number of aromatic nitrogens is 1. The smallest absolute Gasteiger partial charge is 0.252 e. The van der Waals surface area contributed by atoms with Crippen molar-refractivity contribution >= 4 is 41.6 Å². The van der Waals surface area contributed by atoms with Crippen molar-refractivity contribution in [3.8, 4) is 0 Å². The summed E-state index contributed by atoms with van der Waals surface area (Å²) >= 11 is 0. The average molecular weight is 382 g/mol. The zero-order chi connectivity index (χ0) is 15.8. The number of piperidine rings is 1. The second-order valence-electron chi connectivity index (χ2n) is 6.94. The average Bonchev–Trinajstić information content (AvgIpc) is 3.41. The third-order valence-electron chi connectivity index (χ3n) is 5.12. The SMILES string of the molecule is CC1CCNCC1NC(=O)c1cc(C2CC2)nc2ccccc12.Cl.Cl. The molecule has 1 saturated heterocycles. The predicted octanol–water partition coefficient (Wildman–Crippen LogP) is 3.68. The number of benzene rings is 1. The summed E-state index contributed by atoms with van der Waals surface area (Å²) in [6.07, 6.45) is 3.49. The zero-order valence-electron chi connectivity index (χ0n) is 14.3. The molecule has 1 amide bonds. The highest BCUT2D eigenvalue weighted by atomic mass is 35.5. The van der Waals surface area contributed by atoms with Gasteiger partial charge < -0.3 is 10.6 Å². The van der Waals surface area contributed by atoms with Crippen molar-refractivity contribution in [3.63, 3.8) is 0 Å². The third kappa shape index (κ3) is 4.25. The molecule has 2 aromatic rings. The van der Waals surface area contributed by atoms with Gasteiger partial charge in [0.25, 0.3) is 5.91 Å². The fourth-order valence-electron chi connectivity index (χ4n) is 3.40. The summed E-state index contributed by atoms with van der Waals surface area (Å²) in [5.74, 6) is 1.09. The second-order valence-corrected chi connectivity index (χ2v) is 6.94. The fourth-order valence-corrected chi connectivity index (χ4v) is 3.40. The fraction of sp³-hybridized carbons (Fsp3) is 0.474. The van der Waals surface area contributed by atoms with Crippen molar-refractivity contribution in [1.82, 2.24) is 15.6 Å². The van der Waals surface area contributed by atoms with Gasteiger partial charge in [0.15, 0.2) is 0 Å². The van der Waals surface area contributed by atoms with Crippen LogP contribution in [0.15, 0.2) is 30.3 Å². The number of rotatable bonds is 3. The molecule has 0 radical (unpaired) electrons. The molecule has 6 heteroatoms. The summed E-state index contributed by atoms with van der Waals surface area (Å²) < 4.78 is 0. The molecule has 0 spiro atoms. The lowest BCUT2D eigenvalue weighted by atomic mass is 9.94. The minimum absolute atomic E-state index is 0. The monoisotopic (exact) mass is 381 g/mol. The number of nitrogens with zero attached hydrogens (tertiary/aromatic N) is 1. The van der Waals surface area contributed by atoms with Gasteiger partial charge in [-0.15, -0.1) is 24.8 Å². The Bertz CT molecular complexity index is 749. The number of amides is 1. The first-order chi connectivity index (χ1) is 11.2. The minimum atomic E-state index is 0. The Hall–Kier alpha value is -1.36. The van der Waals surface area contributed by atoms with Crippen molar-refractivity contribution in [2.24, 2.45) is 5.92 Å². The number of hydrogen-bond acceptors (Lipinski definition) is 3. The molecule has 2 aliphatic rings. The number of fused-ring (bicyclic) bond motifs is 1. The summed E-state index contributed by atoms with van der Waals surface area (Å²) in [6.45, 7) is 4.11. The Kier molecular flexibility index (Phi) is 6.66. The number of para-hydroxylation sites is 1. The molecule has 1 aliphatic heterocycles. The molecular weight excluding hydrogens is 357 g/mol. The number of pyridine rings is 1. The number of carbonyl (C=O) groups is 1. The molecule has 1 saturated carbocycles. The van der Waals surface area contributed by atoms with Crippen molar-refractivity contribution in [2.45, 2.75) is 38.1 Å². The molecule has 2 N–H and O–H groups in total. The van der Waals surface area contributed by atoms with E-state index in [4.69, 9.17) is 4.98 Å². The topological polar surface area (TPSA) is 54.0 Å². The zero-order valence-corrected chi connectivity index (χ0v) is 16.0. The molecular formula is C19H25Cl2N3O. The second kappa shape index (κ2) is 8.35. The predicted molar refractivity (Wildman–Crippen MR) is 106 cm³/mol. The van der Waals surface area contributed by atoms with E-state index >= 15 is 0 Å². The van der Waals surface area contributed by atoms with Crippen LogP contribution in [0.2, 0.25) is 0 Å². The van der Waals surface area contributed by atoms with Gasteiger partial charge in [0.05, 0.1) is 11.1 Å². The van der Waals surface area contributed by atoms with Crippen LogP contribution in [-0.2, 0) is 0 Å². The van der Waals surface area contributed by atoms with Gasteiger partial charge in [-0.05, 0) is 43.9 Å². The van der Waals surface area contributed by atoms with E-state index in [0.29, 0.717) is 11.8 Å². The Morgan fingerprint density at radius 1 is 1.20 bits per heavy atom. The molecule has 25 heavy (non-hydrogen) atoms. The van der Waals surface area contributed by atoms with Crippen LogP contribution in [0.3, 0.4) is 0 Å². The third-order valence-corrected chi connectivity index (χ3v) is 5.12. The molecule has 0 bridgehead atoms. The first kappa shape index (κ1) is 20.0. The number of carbonyl (C=O) groups excluding carboxylic acids is 1. The summed E-state index contributed by atoms with van der Waals surface area (Å²) in [5.41, 5.74) is 2.77. The largest absolute Gasteiger partial charge is 0.348 e. The van der Waals surface area contributed by atoms with Crippen molar-refractivity contribution < 1.29 is 4.79 Å². The van der Waals surface area contributed by atoms with Crippen LogP contribution < -0.4 is 10.6 Å². The lowest BCUT2D eigenvalue weighted by molar-refractivity contribution is 0.0917. The lowest BCUT2D eigenvalue weighted by Crippen LogP contribution is -2.50. The molecule has 4 nitrogen and oxygen atoms in total. The van der Waals surface area contributed by atoms with E-state index in [-0.39, 0.29) is 36.8 Å². The standard InChI is InChI=1S/C19H23N3O.2ClH/c1-12-8-9-20-11-18(12)22-19(23)15-10-17(13-6-7-13)21-16-5-3-2-4-14(15)16;;/h2-5,10,12-13,18,20H,6-9,11H2,1H3,(H,22,23);2*1H. The van der Waals surface area contributed by atoms with E-state index in [2.05, 4.69) is 17.6 Å². The van der Waals surface area contributed by atoms with Crippen molar-refractivity contribution in [3.05, 3.63) is 41.6 Å². The van der Waals surface area contributed by atoms with Gasteiger partial charge in [-0.3, -0.25) is 9.78 Å². The highest BCUT2D eigenvalue weighted by molar-refractivity contribution is 6.06.